The number of hydrogen-bond acceptors (Lipinski definition) is 2. The molecule has 144 valence electrons. The van der Waals surface area contributed by atoms with Gasteiger partial charge in [0.05, 0.1) is 54.6 Å². The molecule has 2 aromatic rings. The van der Waals surface area contributed by atoms with Crippen molar-refractivity contribution in [3.05, 3.63) is 42.1 Å². The summed E-state index contributed by atoms with van der Waals surface area (Å²) in [5.74, 6) is 0. The Balaban J connectivity index is 1.77. The number of aryl methyl sites for hydroxylation is 1. The van der Waals surface area contributed by atoms with E-state index in [1.807, 2.05) is 10.7 Å². The van der Waals surface area contributed by atoms with Gasteiger partial charge in [-0.1, -0.05) is 30.3 Å². The van der Waals surface area contributed by atoms with Crippen LogP contribution in [-0.4, -0.2) is 26.9 Å². The fraction of sp³-hybridized carbons (Fsp3) is 0.545. The SMILES string of the molecule is CC1(C)CC([NH2+]Cc2cn(CCC#N)nc2-c2ccccc2)CC(C)(C)[NH2+]1. The summed E-state index contributed by atoms with van der Waals surface area (Å²) in [6, 6.07) is 13.2. The van der Waals surface area contributed by atoms with E-state index in [0.29, 0.717) is 19.0 Å². The van der Waals surface area contributed by atoms with Crippen molar-refractivity contribution >= 4 is 0 Å². The average molecular weight is 368 g/mol. The molecule has 5 nitrogen and oxygen atoms in total. The summed E-state index contributed by atoms with van der Waals surface area (Å²) >= 11 is 0. The molecule has 0 radical (unpaired) electrons. The molecule has 0 amide bonds. The molecule has 0 spiro atoms. The molecule has 0 unspecified atom stereocenters. The Kier molecular flexibility index (Phi) is 5.69. The minimum Gasteiger partial charge on any atom is -0.340 e. The Morgan fingerprint density at radius 3 is 2.48 bits per heavy atom. The third-order valence-electron chi connectivity index (χ3n) is 5.37. The predicted octanol–water partition coefficient (Wildman–Crippen LogP) is 1.81. The molecule has 1 aromatic heterocycles. The van der Waals surface area contributed by atoms with Crippen LogP contribution in [0.25, 0.3) is 11.3 Å². The molecule has 1 saturated heterocycles. The van der Waals surface area contributed by atoms with Crippen molar-refractivity contribution in [3.63, 3.8) is 0 Å². The Hall–Kier alpha value is -2.16. The number of aromatic nitrogens is 2. The van der Waals surface area contributed by atoms with Gasteiger partial charge in [0.1, 0.15) is 12.2 Å². The van der Waals surface area contributed by atoms with Crippen LogP contribution in [0.4, 0.5) is 0 Å². The fourth-order valence-electron chi connectivity index (χ4n) is 4.79. The number of nitrogens with two attached hydrogens (primary N) is 2. The van der Waals surface area contributed by atoms with E-state index in [2.05, 4.69) is 74.9 Å². The van der Waals surface area contributed by atoms with Gasteiger partial charge in [0.15, 0.2) is 0 Å². The third kappa shape index (κ3) is 5.18. The van der Waals surface area contributed by atoms with E-state index in [1.54, 1.807) is 0 Å². The Morgan fingerprint density at radius 1 is 1.19 bits per heavy atom. The minimum atomic E-state index is 0.280. The number of nitriles is 1. The third-order valence-corrected chi connectivity index (χ3v) is 5.37. The highest BCUT2D eigenvalue weighted by Gasteiger charge is 2.43. The zero-order valence-electron chi connectivity index (χ0n) is 17.1. The maximum absolute atomic E-state index is 8.89. The molecule has 27 heavy (non-hydrogen) atoms. The van der Waals surface area contributed by atoms with E-state index in [9.17, 15) is 0 Å². The molecule has 1 fully saturated rings. The van der Waals surface area contributed by atoms with Crippen LogP contribution in [-0.2, 0) is 13.1 Å². The first-order valence-electron chi connectivity index (χ1n) is 9.97. The smallest absolute Gasteiger partial charge is 0.105 e. The van der Waals surface area contributed by atoms with Gasteiger partial charge in [0.25, 0.3) is 0 Å². The predicted molar refractivity (Wildman–Crippen MR) is 107 cm³/mol. The van der Waals surface area contributed by atoms with Gasteiger partial charge in [-0.3, -0.25) is 4.68 Å². The molecule has 5 heteroatoms. The standard InChI is InChI=1S/C22H31N5/c1-21(2)13-19(14-22(3,4)26-21)24-15-18-16-27(12-8-11-23)25-20(18)17-9-6-5-7-10-17/h5-7,9-10,16,19,24,26H,8,12-15H2,1-4H3/p+2. The van der Waals surface area contributed by atoms with Crippen molar-refractivity contribution in [1.82, 2.24) is 9.78 Å². The summed E-state index contributed by atoms with van der Waals surface area (Å²) in [6.45, 7) is 11.0. The lowest BCUT2D eigenvalue weighted by Gasteiger charge is -2.41. The van der Waals surface area contributed by atoms with Gasteiger partial charge in [-0.25, -0.2) is 0 Å². The van der Waals surface area contributed by atoms with Crippen molar-refractivity contribution in [3.8, 4) is 17.3 Å². The largest absolute Gasteiger partial charge is 0.340 e. The van der Waals surface area contributed by atoms with Crippen LogP contribution in [0.5, 0.6) is 0 Å². The molecule has 3 rings (SSSR count). The van der Waals surface area contributed by atoms with Crippen LogP contribution in [0.1, 0.15) is 52.5 Å². The maximum Gasteiger partial charge on any atom is 0.105 e. The highest BCUT2D eigenvalue weighted by atomic mass is 15.3. The van der Waals surface area contributed by atoms with Crippen molar-refractivity contribution in [2.24, 2.45) is 0 Å². The molecule has 1 aliphatic heterocycles. The Bertz CT molecular complexity index is 782. The first kappa shape index (κ1) is 19.6. The highest BCUT2D eigenvalue weighted by Crippen LogP contribution is 2.23. The lowest BCUT2D eigenvalue weighted by molar-refractivity contribution is -0.816. The second kappa shape index (κ2) is 7.84. The second-order valence-electron chi connectivity index (χ2n) is 9.27. The van der Waals surface area contributed by atoms with Crippen molar-refractivity contribution in [2.45, 2.75) is 77.2 Å². The number of quaternary nitrogens is 2. The number of hydrogen-bond donors (Lipinski definition) is 2. The molecule has 0 atom stereocenters. The van der Waals surface area contributed by atoms with E-state index in [4.69, 9.17) is 10.4 Å². The number of piperidine rings is 1. The van der Waals surface area contributed by atoms with Crippen LogP contribution >= 0.6 is 0 Å². The van der Waals surface area contributed by atoms with E-state index in [1.165, 1.54) is 18.4 Å². The topological polar surface area (TPSA) is 74.8 Å². The Labute approximate surface area is 162 Å². The lowest BCUT2D eigenvalue weighted by atomic mass is 9.79. The van der Waals surface area contributed by atoms with Gasteiger partial charge in [0, 0.05) is 11.8 Å². The van der Waals surface area contributed by atoms with Gasteiger partial charge in [0.2, 0.25) is 0 Å². The van der Waals surface area contributed by atoms with Gasteiger partial charge < -0.3 is 10.6 Å². The van der Waals surface area contributed by atoms with Gasteiger partial charge in [-0.05, 0) is 27.7 Å². The molecule has 0 saturated carbocycles. The fourth-order valence-corrected chi connectivity index (χ4v) is 4.79. The van der Waals surface area contributed by atoms with Crippen molar-refractivity contribution < 1.29 is 10.6 Å². The maximum atomic E-state index is 8.89. The van der Waals surface area contributed by atoms with Gasteiger partial charge in [-0.15, -0.1) is 0 Å². The number of rotatable bonds is 6. The van der Waals surface area contributed by atoms with Crippen LogP contribution in [0.3, 0.4) is 0 Å². The highest BCUT2D eigenvalue weighted by molar-refractivity contribution is 5.62. The quantitative estimate of drug-likeness (QED) is 0.817. The number of benzene rings is 1. The van der Waals surface area contributed by atoms with Crippen LogP contribution in [0, 0.1) is 11.3 Å². The summed E-state index contributed by atoms with van der Waals surface area (Å²) in [5.41, 5.74) is 4.01. The second-order valence-corrected chi connectivity index (χ2v) is 9.27. The summed E-state index contributed by atoms with van der Waals surface area (Å²) in [7, 11) is 0. The monoisotopic (exact) mass is 367 g/mol. The van der Waals surface area contributed by atoms with Crippen LogP contribution in [0.2, 0.25) is 0 Å². The zero-order chi connectivity index (χ0) is 19.5. The van der Waals surface area contributed by atoms with Crippen molar-refractivity contribution in [2.75, 3.05) is 0 Å². The van der Waals surface area contributed by atoms with Crippen molar-refractivity contribution in [1.29, 1.82) is 5.26 Å². The summed E-state index contributed by atoms with van der Waals surface area (Å²) in [6.07, 6.45) is 5.03. The van der Waals surface area contributed by atoms with E-state index < -0.39 is 0 Å². The molecule has 1 aromatic carbocycles. The normalized spacial score (nSPS) is 18.9. The van der Waals surface area contributed by atoms with E-state index in [-0.39, 0.29) is 11.1 Å². The molecule has 1 aliphatic rings. The van der Waals surface area contributed by atoms with Crippen LogP contribution < -0.4 is 10.6 Å². The van der Waals surface area contributed by atoms with E-state index >= 15 is 0 Å². The lowest BCUT2D eigenvalue weighted by Crippen LogP contribution is -3.09. The Morgan fingerprint density at radius 2 is 1.85 bits per heavy atom. The summed E-state index contributed by atoms with van der Waals surface area (Å²) in [4.78, 5) is 0. The minimum absolute atomic E-state index is 0.280. The molecule has 2 heterocycles. The van der Waals surface area contributed by atoms with Gasteiger partial charge in [-0.2, -0.15) is 10.4 Å². The number of nitrogens with zero attached hydrogens (tertiary/aromatic N) is 3. The molecular weight excluding hydrogens is 334 g/mol. The zero-order valence-corrected chi connectivity index (χ0v) is 17.1. The summed E-state index contributed by atoms with van der Waals surface area (Å²) in [5, 5.41) is 18.7. The van der Waals surface area contributed by atoms with Gasteiger partial charge >= 0.3 is 0 Å². The summed E-state index contributed by atoms with van der Waals surface area (Å²) < 4.78 is 1.93. The van der Waals surface area contributed by atoms with Crippen LogP contribution in [0.15, 0.2) is 36.5 Å². The first-order chi connectivity index (χ1) is 12.8. The molecular formula is C22H33N5+2. The molecule has 4 N–H and O–H groups in total. The van der Waals surface area contributed by atoms with E-state index in [0.717, 1.165) is 17.8 Å². The molecule has 0 bridgehead atoms. The average Bonchev–Trinajstić information content (AvgIpc) is 2.99. The molecule has 0 aliphatic carbocycles. The first-order valence-corrected chi connectivity index (χ1v) is 9.97.